The Morgan fingerprint density at radius 3 is 2.62 bits per heavy atom. The van der Waals surface area contributed by atoms with Crippen molar-refractivity contribution in [3.05, 3.63) is 33.9 Å². The molecule has 3 N–H and O–H groups in total. The van der Waals surface area contributed by atoms with Gasteiger partial charge >= 0.3 is 5.97 Å². The van der Waals surface area contributed by atoms with E-state index in [-0.39, 0.29) is 17.3 Å². The van der Waals surface area contributed by atoms with Gasteiger partial charge in [-0.1, -0.05) is 33.1 Å². The Morgan fingerprint density at radius 2 is 2.10 bits per heavy atom. The van der Waals surface area contributed by atoms with Crippen molar-refractivity contribution in [2.45, 2.75) is 45.4 Å². The van der Waals surface area contributed by atoms with Crippen molar-refractivity contribution >= 4 is 17.3 Å². The highest BCUT2D eigenvalue weighted by Crippen LogP contribution is 2.34. The Labute approximate surface area is 124 Å². The number of nitro groups is 1. The predicted molar refractivity (Wildman–Crippen MR) is 81.2 cm³/mol. The van der Waals surface area contributed by atoms with Crippen LogP contribution < -0.4 is 5.73 Å². The van der Waals surface area contributed by atoms with E-state index in [1.165, 1.54) is 18.2 Å². The number of carboxylic acid groups (broad SMARTS) is 1. The maximum absolute atomic E-state index is 11.6. The van der Waals surface area contributed by atoms with Gasteiger partial charge in [-0.25, -0.2) is 0 Å². The third-order valence-corrected chi connectivity index (χ3v) is 3.71. The summed E-state index contributed by atoms with van der Waals surface area (Å²) in [6.07, 6.45) is 3.80. The number of hydrogen-bond donors (Lipinski definition) is 2. The van der Waals surface area contributed by atoms with E-state index in [2.05, 4.69) is 6.92 Å². The third kappa shape index (κ3) is 4.44. The lowest BCUT2D eigenvalue weighted by molar-refractivity contribution is -0.384. The summed E-state index contributed by atoms with van der Waals surface area (Å²) in [5.74, 6) is -1.94. The maximum Gasteiger partial charge on any atom is 0.311 e. The van der Waals surface area contributed by atoms with E-state index in [0.717, 1.165) is 25.7 Å². The molecule has 0 fully saturated rings. The molecule has 1 aromatic rings. The molecule has 0 aliphatic rings. The largest absolute Gasteiger partial charge is 0.481 e. The van der Waals surface area contributed by atoms with Crippen molar-refractivity contribution in [1.29, 1.82) is 0 Å². The van der Waals surface area contributed by atoms with Gasteiger partial charge in [-0.15, -0.1) is 0 Å². The van der Waals surface area contributed by atoms with Gasteiger partial charge in [0.05, 0.1) is 10.8 Å². The van der Waals surface area contributed by atoms with Gasteiger partial charge in [0.1, 0.15) is 0 Å². The second kappa shape index (κ2) is 7.61. The molecule has 6 heteroatoms. The van der Waals surface area contributed by atoms with Gasteiger partial charge in [-0.3, -0.25) is 14.9 Å². The second-order valence-electron chi connectivity index (χ2n) is 5.36. The van der Waals surface area contributed by atoms with Crippen LogP contribution >= 0.6 is 0 Å². The fraction of sp³-hybridized carbons (Fsp3) is 0.533. The molecule has 21 heavy (non-hydrogen) atoms. The molecule has 6 nitrogen and oxygen atoms in total. The molecule has 0 saturated heterocycles. The lowest BCUT2D eigenvalue weighted by atomic mass is 9.83. The summed E-state index contributed by atoms with van der Waals surface area (Å²) < 4.78 is 0. The number of carboxylic acids is 1. The number of aliphatic carboxylic acids is 1. The number of nitrogen functional groups attached to an aromatic ring is 1. The Kier molecular flexibility index (Phi) is 6.14. The van der Waals surface area contributed by atoms with Crippen LogP contribution in [-0.2, 0) is 4.79 Å². The number of nitrogens with two attached hydrogens (primary N) is 1. The lowest BCUT2D eigenvalue weighted by Gasteiger charge is -2.21. The number of nitrogens with zero attached hydrogens (tertiary/aromatic N) is 1. The first-order chi connectivity index (χ1) is 9.88. The van der Waals surface area contributed by atoms with Gasteiger partial charge in [0.25, 0.3) is 5.69 Å². The van der Waals surface area contributed by atoms with Crippen molar-refractivity contribution in [2.75, 3.05) is 5.73 Å². The van der Waals surface area contributed by atoms with Gasteiger partial charge in [0, 0.05) is 17.8 Å². The van der Waals surface area contributed by atoms with E-state index >= 15 is 0 Å². The SMILES string of the molecule is CCCCCC(C)C(C(=O)O)c1cc([N+](=O)[O-])ccc1N. The highest BCUT2D eigenvalue weighted by Gasteiger charge is 2.29. The summed E-state index contributed by atoms with van der Waals surface area (Å²) in [4.78, 5) is 21.9. The minimum absolute atomic E-state index is 0.127. The summed E-state index contributed by atoms with van der Waals surface area (Å²) in [6.45, 7) is 3.94. The van der Waals surface area contributed by atoms with Crippen LogP contribution in [0.3, 0.4) is 0 Å². The molecule has 0 spiro atoms. The summed E-state index contributed by atoms with van der Waals surface area (Å²) in [5.41, 5.74) is 6.32. The molecule has 0 aliphatic heterocycles. The predicted octanol–water partition coefficient (Wildman–Crippen LogP) is 3.56. The van der Waals surface area contributed by atoms with Gasteiger partial charge in [0.2, 0.25) is 0 Å². The fourth-order valence-corrected chi connectivity index (χ4v) is 2.51. The number of benzene rings is 1. The highest BCUT2D eigenvalue weighted by atomic mass is 16.6. The van der Waals surface area contributed by atoms with E-state index in [9.17, 15) is 20.0 Å². The number of anilines is 1. The molecule has 2 unspecified atom stereocenters. The molecule has 1 aromatic carbocycles. The molecular formula is C15H22N2O4. The van der Waals surface area contributed by atoms with Crippen molar-refractivity contribution in [1.82, 2.24) is 0 Å². The Morgan fingerprint density at radius 1 is 1.43 bits per heavy atom. The minimum atomic E-state index is -0.994. The minimum Gasteiger partial charge on any atom is -0.481 e. The van der Waals surface area contributed by atoms with Crippen LogP contribution in [0.5, 0.6) is 0 Å². The highest BCUT2D eigenvalue weighted by molar-refractivity contribution is 5.79. The van der Waals surface area contributed by atoms with E-state index in [0.29, 0.717) is 5.56 Å². The normalized spacial score (nSPS) is 13.6. The van der Waals surface area contributed by atoms with Crippen LogP contribution in [0.4, 0.5) is 11.4 Å². The Balaban J connectivity index is 3.07. The topological polar surface area (TPSA) is 106 Å². The first-order valence-corrected chi connectivity index (χ1v) is 7.15. The average Bonchev–Trinajstić information content (AvgIpc) is 2.40. The Bertz CT molecular complexity index is 516. The quantitative estimate of drug-likeness (QED) is 0.330. The van der Waals surface area contributed by atoms with Crippen molar-refractivity contribution in [3.8, 4) is 0 Å². The van der Waals surface area contributed by atoms with E-state index in [1.54, 1.807) is 0 Å². The van der Waals surface area contributed by atoms with Crippen LogP contribution in [0.15, 0.2) is 18.2 Å². The van der Waals surface area contributed by atoms with E-state index in [4.69, 9.17) is 5.73 Å². The van der Waals surface area contributed by atoms with Crippen LogP contribution in [0, 0.1) is 16.0 Å². The number of hydrogen-bond acceptors (Lipinski definition) is 4. The summed E-state index contributed by atoms with van der Waals surface area (Å²) in [7, 11) is 0. The molecule has 1 rings (SSSR count). The number of unbranched alkanes of at least 4 members (excludes halogenated alkanes) is 2. The van der Waals surface area contributed by atoms with Crippen LogP contribution in [0.2, 0.25) is 0 Å². The molecule has 0 aromatic heterocycles. The molecule has 0 radical (unpaired) electrons. The molecule has 0 aliphatic carbocycles. The molecule has 116 valence electrons. The lowest BCUT2D eigenvalue weighted by Crippen LogP contribution is -2.21. The number of nitro benzene ring substituents is 1. The first kappa shape index (κ1) is 16.9. The van der Waals surface area contributed by atoms with Gasteiger partial charge in [-0.2, -0.15) is 0 Å². The molecule has 0 bridgehead atoms. The summed E-state index contributed by atoms with van der Waals surface area (Å²) >= 11 is 0. The molecular weight excluding hydrogens is 272 g/mol. The van der Waals surface area contributed by atoms with Crippen LogP contribution in [0.25, 0.3) is 0 Å². The van der Waals surface area contributed by atoms with E-state index < -0.39 is 16.8 Å². The smallest absolute Gasteiger partial charge is 0.311 e. The number of non-ortho nitro benzene ring substituents is 1. The maximum atomic E-state index is 11.6. The zero-order valence-electron chi connectivity index (χ0n) is 12.4. The summed E-state index contributed by atoms with van der Waals surface area (Å²) in [6, 6.07) is 3.98. The molecule has 2 atom stereocenters. The zero-order chi connectivity index (χ0) is 16.0. The van der Waals surface area contributed by atoms with Crippen LogP contribution in [0.1, 0.15) is 51.0 Å². The van der Waals surface area contributed by atoms with Gasteiger partial charge in [-0.05, 0) is 24.0 Å². The van der Waals surface area contributed by atoms with Gasteiger partial charge in [0.15, 0.2) is 0 Å². The van der Waals surface area contributed by atoms with Crippen molar-refractivity contribution in [2.24, 2.45) is 5.92 Å². The molecule has 0 amide bonds. The zero-order valence-corrected chi connectivity index (χ0v) is 12.4. The van der Waals surface area contributed by atoms with Crippen molar-refractivity contribution in [3.63, 3.8) is 0 Å². The average molecular weight is 294 g/mol. The molecule has 0 heterocycles. The fourth-order valence-electron chi connectivity index (χ4n) is 2.51. The Hall–Kier alpha value is -2.11. The first-order valence-electron chi connectivity index (χ1n) is 7.15. The number of carbonyl (C=O) groups is 1. The summed E-state index contributed by atoms with van der Waals surface area (Å²) in [5, 5.41) is 20.3. The second-order valence-corrected chi connectivity index (χ2v) is 5.36. The standard InChI is InChI=1S/C15H22N2O4/c1-3-4-5-6-10(2)14(15(18)19)12-9-11(17(20)21)7-8-13(12)16/h7-10,14H,3-6,16H2,1-2H3,(H,18,19). The van der Waals surface area contributed by atoms with Crippen LogP contribution in [-0.4, -0.2) is 16.0 Å². The number of rotatable bonds is 8. The molecule has 0 saturated carbocycles. The van der Waals surface area contributed by atoms with Gasteiger partial charge < -0.3 is 10.8 Å². The monoisotopic (exact) mass is 294 g/mol. The van der Waals surface area contributed by atoms with E-state index in [1.807, 2.05) is 6.92 Å². The third-order valence-electron chi connectivity index (χ3n) is 3.71. The van der Waals surface area contributed by atoms with Crippen molar-refractivity contribution < 1.29 is 14.8 Å².